The van der Waals surface area contributed by atoms with E-state index in [-0.39, 0.29) is 0 Å². The third-order valence-electron chi connectivity index (χ3n) is 3.11. The Morgan fingerprint density at radius 3 is 1.82 bits per heavy atom. The molecule has 0 aromatic heterocycles. The van der Waals surface area contributed by atoms with Gasteiger partial charge in [-0.3, -0.25) is 6.08 Å². The normalized spacial score (nSPS) is 11.8. The second-order valence-corrected chi connectivity index (χ2v) is 8.91. The minimum absolute atomic E-state index is 1.01. The molecule has 3 aromatic rings. The van der Waals surface area contributed by atoms with Crippen LogP contribution in [0.25, 0.3) is 21.5 Å². The van der Waals surface area contributed by atoms with E-state index in [0.29, 0.717) is 0 Å². The van der Waals surface area contributed by atoms with Crippen LogP contribution in [-0.4, -0.2) is 3.26 Å². The van der Waals surface area contributed by atoms with Crippen molar-refractivity contribution in [2.24, 2.45) is 0 Å². The van der Waals surface area contributed by atoms with Crippen molar-refractivity contribution < 1.29 is 23.9 Å². The summed E-state index contributed by atoms with van der Waals surface area (Å²) in [5.74, 6) is 0. The maximum absolute atomic E-state index is 2.99. The van der Waals surface area contributed by atoms with E-state index in [1.165, 1.54) is 45.4 Å². The summed E-state index contributed by atoms with van der Waals surface area (Å²) in [6, 6.07) is 19.3. The Balaban J connectivity index is 0.000000163. The van der Waals surface area contributed by atoms with Gasteiger partial charge in [0.15, 0.2) is 0 Å². The Morgan fingerprint density at radius 1 is 0.955 bits per heavy atom. The Labute approximate surface area is 147 Å². The predicted octanol–water partition coefficient (Wildman–Crippen LogP) is 5.76. The minimum Gasteiger partial charge on any atom is -0.273 e. The van der Waals surface area contributed by atoms with E-state index in [2.05, 4.69) is 80.6 Å². The molecule has 0 radical (unpaired) electrons. The molecule has 22 heavy (non-hydrogen) atoms. The van der Waals surface area contributed by atoms with Crippen LogP contribution in [0.1, 0.15) is 20.3 Å². The molecule has 0 fully saturated rings. The fourth-order valence-corrected chi connectivity index (χ4v) is 2.24. The number of hydrogen-bond donors (Lipinski definition) is 0. The number of fused-ring (bicyclic) bond motifs is 3. The molecule has 108 valence electrons. The monoisotopic (exact) mass is 452 g/mol. The molecule has 0 N–H and O–H groups in total. The van der Waals surface area contributed by atoms with Crippen LogP contribution in [-0.2, 0) is 23.9 Å². The third kappa shape index (κ3) is 5.06. The van der Waals surface area contributed by atoms with E-state index in [9.17, 15) is 0 Å². The topological polar surface area (TPSA) is 0 Å². The van der Waals surface area contributed by atoms with Crippen molar-refractivity contribution in [2.45, 2.75) is 20.3 Å². The van der Waals surface area contributed by atoms with E-state index in [1.54, 1.807) is 3.26 Å². The van der Waals surface area contributed by atoms with Crippen LogP contribution in [0, 0.1) is 6.08 Å². The standard InChI is InChI=1S/C13H9.C5H5.C3H6.Hf/c1-3-7-12-10(5-1)9-11-6-2-4-8-13(11)12;1-2-4-5-3-1;1-3-2;/h1-9H;1-3H,4H2;1-2H3;/q2*-1;;+2. The first-order valence-corrected chi connectivity index (χ1v) is 9.25. The summed E-state index contributed by atoms with van der Waals surface area (Å²) in [5.41, 5.74) is 0. The van der Waals surface area contributed by atoms with Crippen molar-refractivity contribution in [3.63, 3.8) is 0 Å². The van der Waals surface area contributed by atoms with Crippen LogP contribution in [0.4, 0.5) is 0 Å². The summed E-state index contributed by atoms with van der Waals surface area (Å²) in [4.78, 5) is 0. The van der Waals surface area contributed by atoms with Crippen molar-refractivity contribution in [3.8, 4) is 0 Å². The van der Waals surface area contributed by atoms with Gasteiger partial charge in [-0.25, -0.2) is 12.2 Å². The largest absolute Gasteiger partial charge is 0.273 e. The SMILES string of the molecule is C[C](C)=[Hf+2].[C-]1=CC=CC1.c1ccc2c(c1)[cH-]c1ccccc12. The maximum atomic E-state index is 2.99. The summed E-state index contributed by atoms with van der Waals surface area (Å²) < 4.78 is 1.56. The molecule has 0 nitrogen and oxygen atoms in total. The Morgan fingerprint density at radius 2 is 1.45 bits per heavy atom. The zero-order valence-electron chi connectivity index (χ0n) is 13.1. The fourth-order valence-electron chi connectivity index (χ4n) is 2.24. The third-order valence-corrected chi connectivity index (χ3v) is 3.11. The Bertz CT molecular complexity index is 739. The second-order valence-electron chi connectivity index (χ2n) is 5.32. The molecule has 1 aliphatic carbocycles. The maximum Gasteiger partial charge on any atom is -0.0771 e. The van der Waals surface area contributed by atoms with E-state index in [4.69, 9.17) is 0 Å². The molecule has 0 saturated carbocycles. The number of hydrogen-bond acceptors (Lipinski definition) is 0. The molecule has 0 aliphatic heterocycles. The van der Waals surface area contributed by atoms with Crippen molar-refractivity contribution in [3.05, 3.63) is 78.9 Å². The average Bonchev–Trinajstić information content (AvgIpc) is 3.18. The Hall–Kier alpha value is -1.47. The van der Waals surface area contributed by atoms with Gasteiger partial charge in [0, 0.05) is 0 Å². The molecule has 0 spiro atoms. The number of benzene rings is 2. The molecule has 0 heterocycles. The second kappa shape index (κ2) is 8.85. The minimum atomic E-state index is 1.01. The van der Waals surface area contributed by atoms with Crippen molar-refractivity contribution >= 4 is 24.8 Å². The van der Waals surface area contributed by atoms with E-state index >= 15 is 0 Å². The van der Waals surface area contributed by atoms with Gasteiger partial charge in [-0.2, -0.15) is 6.08 Å². The van der Waals surface area contributed by atoms with Crippen LogP contribution >= 0.6 is 0 Å². The first kappa shape index (κ1) is 16.9. The summed E-state index contributed by atoms with van der Waals surface area (Å²) >= 11 is 1.27. The van der Waals surface area contributed by atoms with Crippen LogP contribution in [0.3, 0.4) is 0 Å². The molecule has 1 heteroatoms. The van der Waals surface area contributed by atoms with Crippen molar-refractivity contribution in [1.29, 1.82) is 0 Å². The molecule has 4 rings (SSSR count). The summed E-state index contributed by atoms with van der Waals surface area (Å²) in [5, 5.41) is 5.39. The zero-order chi connectivity index (χ0) is 15.8. The molecule has 0 atom stereocenters. The van der Waals surface area contributed by atoms with Gasteiger partial charge in [0.25, 0.3) is 0 Å². The van der Waals surface area contributed by atoms with Crippen molar-refractivity contribution in [2.75, 3.05) is 0 Å². The fraction of sp³-hybridized carbons (Fsp3) is 0.143. The molecule has 0 unspecified atom stereocenters. The van der Waals surface area contributed by atoms with E-state index < -0.39 is 0 Å². The van der Waals surface area contributed by atoms with Gasteiger partial charge in [0.05, 0.1) is 0 Å². The number of rotatable bonds is 0. The summed E-state index contributed by atoms with van der Waals surface area (Å²) in [6.07, 6.45) is 10.0. The van der Waals surface area contributed by atoms with Gasteiger partial charge < -0.3 is 0 Å². The van der Waals surface area contributed by atoms with Crippen molar-refractivity contribution in [1.82, 2.24) is 0 Å². The Kier molecular flexibility index (Phi) is 6.79. The predicted molar refractivity (Wildman–Crippen MR) is 95.0 cm³/mol. The van der Waals surface area contributed by atoms with E-state index in [1.807, 2.05) is 12.2 Å². The smallest absolute Gasteiger partial charge is 0.0771 e. The summed E-state index contributed by atoms with van der Waals surface area (Å²) in [7, 11) is 0. The van der Waals surface area contributed by atoms with Gasteiger partial charge >= 0.3 is 41.0 Å². The zero-order valence-corrected chi connectivity index (χ0v) is 16.7. The van der Waals surface area contributed by atoms with Gasteiger partial charge in [-0.05, 0) is 0 Å². The molecule has 0 bridgehead atoms. The average molecular weight is 451 g/mol. The molecule has 3 aromatic carbocycles. The first-order chi connectivity index (χ1) is 10.7. The molecular formula is C21H20Hf. The summed E-state index contributed by atoms with van der Waals surface area (Å²) in [6.45, 7) is 4.29. The van der Waals surface area contributed by atoms with Crippen LogP contribution < -0.4 is 0 Å². The van der Waals surface area contributed by atoms with Gasteiger partial charge in [0.1, 0.15) is 0 Å². The molecule has 0 saturated heterocycles. The molecular weight excluding hydrogens is 431 g/mol. The van der Waals surface area contributed by atoms with E-state index in [0.717, 1.165) is 6.42 Å². The molecule has 1 aliphatic rings. The molecule has 0 amide bonds. The van der Waals surface area contributed by atoms with Crippen LogP contribution in [0.5, 0.6) is 0 Å². The van der Waals surface area contributed by atoms with Crippen LogP contribution in [0.2, 0.25) is 0 Å². The van der Waals surface area contributed by atoms with Gasteiger partial charge in [-0.1, -0.05) is 36.4 Å². The van der Waals surface area contributed by atoms with Crippen LogP contribution in [0.15, 0.2) is 72.8 Å². The quantitative estimate of drug-likeness (QED) is 0.301. The number of allylic oxidation sites excluding steroid dienone is 4. The van der Waals surface area contributed by atoms with Gasteiger partial charge in [0.2, 0.25) is 0 Å². The first-order valence-electron chi connectivity index (χ1n) is 7.45. The van der Waals surface area contributed by atoms with Gasteiger partial charge in [-0.15, -0.1) is 46.2 Å².